The van der Waals surface area contributed by atoms with Crippen LogP contribution in [0.2, 0.25) is 0 Å². The van der Waals surface area contributed by atoms with Gasteiger partial charge in [-0.05, 0) is 77.4 Å². The minimum atomic E-state index is 0.117. The molecule has 4 nitrogen and oxygen atoms in total. The molecule has 1 aromatic heterocycles. The fraction of sp³-hybridized carbons (Fsp3) is 0.219. The van der Waals surface area contributed by atoms with Gasteiger partial charge in [0.15, 0.2) is 11.5 Å². The molecule has 0 aliphatic carbocycles. The smallest absolute Gasteiger partial charge is 0.161 e. The van der Waals surface area contributed by atoms with Crippen molar-refractivity contribution in [2.45, 2.75) is 32.9 Å². The molecular weight excluding hydrogens is 444 g/mol. The van der Waals surface area contributed by atoms with Crippen LogP contribution in [0.15, 0.2) is 85.2 Å². The number of nitrogens with zero attached hydrogens (tertiary/aromatic N) is 1. The molecule has 0 bridgehead atoms. The molecule has 5 rings (SSSR count). The Labute approximate surface area is 213 Å². The first-order valence-electron chi connectivity index (χ1n) is 12.4. The second-order valence-electron chi connectivity index (χ2n) is 9.34. The van der Waals surface area contributed by atoms with Crippen molar-refractivity contribution >= 4 is 6.08 Å². The highest BCUT2D eigenvalue weighted by atomic mass is 16.5. The topological polar surface area (TPSA) is 43.4 Å². The summed E-state index contributed by atoms with van der Waals surface area (Å²) in [5.74, 6) is 1.56. The second kappa shape index (κ2) is 10.8. The number of hydrogen-bond acceptors (Lipinski definition) is 4. The maximum atomic E-state index is 6.15. The van der Waals surface area contributed by atoms with E-state index in [4.69, 9.17) is 9.47 Å². The summed E-state index contributed by atoms with van der Waals surface area (Å²) in [4.78, 5) is 4.34. The molecular formula is C32H32N2O2. The molecule has 1 N–H and O–H groups in total. The predicted molar refractivity (Wildman–Crippen MR) is 146 cm³/mol. The van der Waals surface area contributed by atoms with Crippen LogP contribution in [0.5, 0.6) is 11.5 Å². The van der Waals surface area contributed by atoms with Crippen LogP contribution < -0.4 is 14.8 Å². The first kappa shape index (κ1) is 23.8. The summed E-state index contributed by atoms with van der Waals surface area (Å²) in [6.45, 7) is 5.67. The number of ether oxygens (including phenoxy) is 2. The van der Waals surface area contributed by atoms with Crippen LogP contribution in [0, 0.1) is 13.8 Å². The van der Waals surface area contributed by atoms with Crippen LogP contribution in [0.1, 0.15) is 39.4 Å². The second-order valence-corrected chi connectivity index (χ2v) is 9.34. The van der Waals surface area contributed by atoms with Gasteiger partial charge in [0, 0.05) is 24.5 Å². The maximum Gasteiger partial charge on any atom is 0.161 e. The van der Waals surface area contributed by atoms with E-state index in [2.05, 4.69) is 84.8 Å². The standard InChI is InChI=1S/C32H32N2O2/c1-22-15-28(20-33-19-22)26-10-9-25(23(2)16-26)11-12-30-29-18-31(35-3)32(17-27(29)13-14-34-30)36-21-24-7-5-4-6-8-24/h4-12,15-20,30,34H,13-14,21H2,1-3H3/b12-11+. The lowest BCUT2D eigenvalue weighted by molar-refractivity contribution is 0.283. The van der Waals surface area contributed by atoms with E-state index < -0.39 is 0 Å². The molecule has 0 radical (unpaired) electrons. The van der Waals surface area contributed by atoms with Gasteiger partial charge in [-0.1, -0.05) is 60.7 Å². The van der Waals surface area contributed by atoms with Crippen LogP contribution in [0.4, 0.5) is 0 Å². The van der Waals surface area contributed by atoms with Gasteiger partial charge in [0.05, 0.1) is 13.2 Å². The van der Waals surface area contributed by atoms with Gasteiger partial charge in [0.1, 0.15) is 6.61 Å². The number of benzene rings is 3. The van der Waals surface area contributed by atoms with Gasteiger partial charge in [-0.25, -0.2) is 0 Å². The number of fused-ring (bicyclic) bond motifs is 1. The van der Waals surface area contributed by atoms with Crippen molar-refractivity contribution in [3.8, 4) is 22.6 Å². The van der Waals surface area contributed by atoms with Crippen molar-refractivity contribution in [3.05, 3.63) is 119 Å². The number of nitrogens with one attached hydrogen (secondary N) is 1. The largest absolute Gasteiger partial charge is 0.493 e. The van der Waals surface area contributed by atoms with E-state index in [1.807, 2.05) is 30.6 Å². The fourth-order valence-electron chi connectivity index (χ4n) is 4.73. The Kier molecular flexibility index (Phi) is 7.15. The third-order valence-electron chi connectivity index (χ3n) is 6.70. The van der Waals surface area contributed by atoms with Gasteiger partial charge < -0.3 is 14.8 Å². The average Bonchev–Trinajstić information content (AvgIpc) is 2.91. The SMILES string of the molecule is COc1cc2c(cc1OCc1ccccc1)CCNC2/C=C/c1ccc(-c2cncc(C)c2)cc1C. The summed E-state index contributed by atoms with van der Waals surface area (Å²) in [5.41, 5.74) is 9.63. The van der Waals surface area contributed by atoms with Crippen molar-refractivity contribution in [2.75, 3.05) is 13.7 Å². The molecule has 4 aromatic rings. The predicted octanol–water partition coefficient (Wildman–Crippen LogP) is 6.85. The molecule has 1 atom stereocenters. The molecule has 4 heteroatoms. The monoisotopic (exact) mass is 476 g/mol. The van der Waals surface area contributed by atoms with Crippen molar-refractivity contribution in [1.82, 2.24) is 10.3 Å². The molecule has 0 saturated heterocycles. The van der Waals surface area contributed by atoms with Gasteiger partial charge >= 0.3 is 0 Å². The van der Waals surface area contributed by atoms with Gasteiger partial charge in [0.25, 0.3) is 0 Å². The van der Waals surface area contributed by atoms with E-state index in [-0.39, 0.29) is 6.04 Å². The Morgan fingerprint density at radius 3 is 2.58 bits per heavy atom. The first-order chi connectivity index (χ1) is 17.6. The lowest BCUT2D eigenvalue weighted by Gasteiger charge is -2.26. The zero-order chi connectivity index (χ0) is 24.9. The molecule has 0 amide bonds. The highest BCUT2D eigenvalue weighted by molar-refractivity contribution is 5.68. The molecule has 3 aromatic carbocycles. The molecule has 0 saturated carbocycles. The maximum absolute atomic E-state index is 6.15. The molecule has 0 fully saturated rings. The molecule has 0 spiro atoms. The number of rotatable bonds is 7. The quantitative estimate of drug-likeness (QED) is 0.317. The fourth-order valence-corrected chi connectivity index (χ4v) is 4.73. The molecule has 1 unspecified atom stereocenters. The highest BCUT2D eigenvalue weighted by Crippen LogP contribution is 2.36. The van der Waals surface area contributed by atoms with Gasteiger partial charge in [0.2, 0.25) is 0 Å². The van der Waals surface area contributed by atoms with E-state index in [0.717, 1.165) is 35.6 Å². The summed E-state index contributed by atoms with van der Waals surface area (Å²) < 4.78 is 11.9. The minimum Gasteiger partial charge on any atom is -0.493 e. The van der Waals surface area contributed by atoms with Crippen molar-refractivity contribution in [2.24, 2.45) is 0 Å². The lowest BCUT2D eigenvalue weighted by atomic mass is 9.92. The van der Waals surface area contributed by atoms with Crippen molar-refractivity contribution < 1.29 is 9.47 Å². The van der Waals surface area contributed by atoms with Crippen LogP contribution in [-0.4, -0.2) is 18.6 Å². The summed E-state index contributed by atoms with van der Waals surface area (Å²) in [6.07, 6.45) is 9.23. The van der Waals surface area contributed by atoms with Gasteiger partial charge in [-0.2, -0.15) is 0 Å². The molecule has 36 heavy (non-hydrogen) atoms. The van der Waals surface area contributed by atoms with E-state index >= 15 is 0 Å². The number of hydrogen-bond donors (Lipinski definition) is 1. The number of methoxy groups -OCH3 is 1. The van der Waals surface area contributed by atoms with E-state index in [1.54, 1.807) is 7.11 Å². The summed E-state index contributed by atoms with van der Waals surface area (Å²) in [7, 11) is 1.70. The van der Waals surface area contributed by atoms with E-state index in [0.29, 0.717) is 6.61 Å². The molecule has 2 heterocycles. The third kappa shape index (κ3) is 5.34. The van der Waals surface area contributed by atoms with Crippen molar-refractivity contribution in [3.63, 3.8) is 0 Å². The highest BCUT2D eigenvalue weighted by Gasteiger charge is 2.21. The molecule has 1 aliphatic heterocycles. The summed E-state index contributed by atoms with van der Waals surface area (Å²) in [5, 5.41) is 3.65. The minimum absolute atomic E-state index is 0.117. The van der Waals surface area contributed by atoms with Gasteiger partial charge in [-0.15, -0.1) is 0 Å². The Bertz CT molecular complexity index is 1380. The number of aryl methyl sites for hydroxylation is 2. The third-order valence-corrected chi connectivity index (χ3v) is 6.70. The number of pyridine rings is 1. The summed E-state index contributed by atoms with van der Waals surface area (Å²) in [6, 6.07) is 23.4. The molecule has 1 aliphatic rings. The molecule has 182 valence electrons. The van der Waals surface area contributed by atoms with Crippen molar-refractivity contribution in [1.29, 1.82) is 0 Å². The average molecular weight is 477 g/mol. The van der Waals surface area contributed by atoms with Crippen LogP contribution in [0.25, 0.3) is 17.2 Å². The first-order valence-corrected chi connectivity index (χ1v) is 12.4. The Morgan fingerprint density at radius 2 is 1.81 bits per heavy atom. The van der Waals surface area contributed by atoms with E-state index in [1.165, 1.54) is 33.4 Å². The van der Waals surface area contributed by atoms with Crippen LogP contribution in [-0.2, 0) is 13.0 Å². The Hall–Kier alpha value is -3.89. The van der Waals surface area contributed by atoms with Crippen LogP contribution in [0.3, 0.4) is 0 Å². The number of aromatic nitrogens is 1. The van der Waals surface area contributed by atoms with Gasteiger partial charge in [-0.3, -0.25) is 4.98 Å². The normalized spacial score (nSPS) is 15.0. The zero-order valence-corrected chi connectivity index (χ0v) is 21.1. The summed E-state index contributed by atoms with van der Waals surface area (Å²) >= 11 is 0. The van der Waals surface area contributed by atoms with Crippen LogP contribution >= 0.6 is 0 Å². The zero-order valence-electron chi connectivity index (χ0n) is 21.1. The lowest BCUT2D eigenvalue weighted by Crippen LogP contribution is -2.28. The Balaban J connectivity index is 1.36. The Morgan fingerprint density at radius 1 is 0.944 bits per heavy atom. The van der Waals surface area contributed by atoms with E-state index in [9.17, 15) is 0 Å².